The van der Waals surface area contributed by atoms with Crippen molar-refractivity contribution < 1.29 is 4.52 Å². The third-order valence-corrected chi connectivity index (χ3v) is 1.22. The molecule has 0 fully saturated rings. The maximum Gasteiger partial charge on any atom is 0.265 e. The van der Waals surface area contributed by atoms with Crippen molar-refractivity contribution >= 4 is 18.4 Å². The maximum atomic E-state index is 5.51. The monoisotopic (exact) mass is 192 g/mol. The second kappa shape index (κ2) is 4.27. The molecule has 0 saturated carbocycles. The fourth-order valence-corrected chi connectivity index (χ4v) is 0.594. The molecule has 1 atom stereocenters. The third kappa shape index (κ3) is 2.35. The van der Waals surface area contributed by atoms with E-state index >= 15 is 0 Å². The van der Waals surface area contributed by atoms with Gasteiger partial charge in [-0.25, -0.2) is 0 Å². The summed E-state index contributed by atoms with van der Waals surface area (Å²) in [5, 5.41) is 3.70. The standard InChI is InChI=1S/C6H12N4O.ClH/c1-4(7)5-8-6(9-11-5)10(2)3;/h4H,7H2,1-3H3;1H/t4-;/m1./s1. The number of nitrogens with zero attached hydrogens (tertiary/aromatic N) is 3. The van der Waals surface area contributed by atoms with Gasteiger partial charge < -0.3 is 15.2 Å². The molecule has 1 rings (SSSR count). The Kier molecular flexibility index (Phi) is 3.99. The molecule has 0 saturated heterocycles. The first-order chi connectivity index (χ1) is 5.11. The number of rotatable bonds is 2. The molecule has 6 heteroatoms. The second-order valence-electron chi connectivity index (χ2n) is 2.62. The molecule has 0 bridgehead atoms. The molecule has 70 valence electrons. The summed E-state index contributed by atoms with van der Waals surface area (Å²) in [7, 11) is 3.69. The fourth-order valence-electron chi connectivity index (χ4n) is 0.594. The van der Waals surface area contributed by atoms with Gasteiger partial charge in [-0.2, -0.15) is 4.98 Å². The largest absolute Gasteiger partial charge is 0.344 e. The van der Waals surface area contributed by atoms with Crippen molar-refractivity contribution in [2.45, 2.75) is 13.0 Å². The van der Waals surface area contributed by atoms with Gasteiger partial charge in [0.15, 0.2) is 0 Å². The molecule has 0 aliphatic carbocycles. The van der Waals surface area contributed by atoms with Gasteiger partial charge in [-0.15, -0.1) is 12.4 Å². The van der Waals surface area contributed by atoms with Crippen LogP contribution in [0.2, 0.25) is 0 Å². The van der Waals surface area contributed by atoms with E-state index in [4.69, 9.17) is 10.3 Å². The van der Waals surface area contributed by atoms with Crippen LogP contribution in [-0.4, -0.2) is 24.2 Å². The van der Waals surface area contributed by atoms with Gasteiger partial charge in [0.2, 0.25) is 5.89 Å². The Morgan fingerprint density at radius 2 is 2.08 bits per heavy atom. The number of hydrogen-bond acceptors (Lipinski definition) is 5. The van der Waals surface area contributed by atoms with Crippen molar-refractivity contribution in [3.8, 4) is 0 Å². The summed E-state index contributed by atoms with van der Waals surface area (Å²) in [5.41, 5.74) is 5.51. The Morgan fingerprint density at radius 1 is 1.50 bits per heavy atom. The van der Waals surface area contributed by atoms with Gasteiger partial charge in [-0.05, 0) is 12.1 Å². The molecule has 0 unspecified atom stereocenters. The van der Waals surface area contributed by atoms with Crippen molar-refractivity contribution in [2.75, 3.05) is 19.0 Å². The highest BCUT2D eigenvalue weighted by molar-refractivity contribution is 5.85. The van der Waals surface area contributed by atoms with Gasteiger partial charge in [-0.3, -0.25) is 0 Å². The lowest BCUT2D eigenvalue weighted by Crippen LogP contribution is -2.11. The molecule has 0 aliphatic heterocycles. The molecule has 0 aliphatic rings. The molecule has 0 radical (unpaired) electrons. The van der Waals surface area contributed by atoms with Crippen LogP contribution in [0.3, 0.4) is 0 Å². The Balaban J connectivity index is 0.00000121. The van der Waals surface area contributed by atoms with Crippen LogP contribution >= 0.6 is 12.4 Å². The maximum absolute atomic E-state index is 5.51. The first-order valence-electron chi connectivity index (χ1n) is 3.37. The summed E-state index contributed by atoms with van der Waals surface area (Å²) in [5.74, 6) is 1.02. The molecular formula is C6H13ClN4O. The van der Waals surface area contributed by atoms with Crippen molar-refractivity contribution in [3.05, 3.63) is 5.89 Å². The van der Waals surface area contributed by atoms with Crippen LogP contribution < -0.4 is 10.6 Å². The normalized spacial score (nSPS) is 12.0. The number of hydrogen-bond donors (Lipinski definition) is 1. The van der Waals surface area contributed by atoms with Crippen molar-refractivity contribution in [2.24, 2.45) is 5.73 Å². The molecule has 1 aromatic rings. The van der Waals surface area contributed by atoms with Crippen LogP contribution in [0.5, 0.6) is 0 Å². The van der Waals surface area contributed by atoms with Gasteiger partial charge in [0.25, 0.3) is 5.95 Å². The van der Waals surface area contributed by atoms with Gasteiger partial charge in [0.05, 0.1) is 6.04 Å². The lowest BCUT2D eigenvalue weighted by molar-refractivity contribution is 0.361. The van der Waals surface area contributed by atoms with Crippen LogP contribution in [-0.2, 0) is 0 Å². The van der Waals surface area contributed by atoms with E-state index in [2.05, 4.69) is 10.1 Å². The van der Waals surface area contributed by atoms with E-state index < -0.39 is 0 Å². The van der Waals surface area contributed by atoms with Crippen LogP contribution in [0.15, 0.2) is 4.52 Å². The van der Waals surface area contributed by atoms with Crippen LogP contribution in [0, 0.1) is 0 Å². The second-order valence-corrected chi connectivity index (χ2v) is 2.62. The molecule has 2 N–H and O–H groups in total. The van der Waals surface area contributed by atoms with E-state index in [9.17, 15) is 0 Å². The van der Waals surface area contributed by atoms with Crippen molar-refractivity contribution in [3.63, 3.8) is 0 Å². The lowest BCUT2D eigenvalue weighted by Gasteiger charge is -2.02. The Morgan fingerprint density at radius 3 is 2.33 bits per heavy atom. The topological polar surface area (TPSA) is 68.2 Å². The Hall–Kier alpha value is -0.810. The summed E-state index contributed by atoms with van der Waals surface area (Å²) in [4.78, 5) is 5.79. The molecular weight excluding hydrogens is 180 g/mol. The number of anilines is 1. The summed E-state index contributed by atoms with van der Waals surface area (Å²) in [6.45, 7) is 1.80. The predicted molar refractivity (Wildman–Crippen MR) is 48.5 cm³/mol. The molecule has 1 heterocycles. The first-order valence-corrected chi connectivity index (χ1v) is 3.37. The van der Waals surface area contributed by atoms with Crippen molar-refractivity contribution in [1.29, 1.82) is 0 Å². The minimum atomic E-state index is -0.198. The quantitative estimate of drug-likeness (QED) is 0.743. The minimum absolute atomic E-state index is 0. The fraction of sp³-hybridized carbons (Fsp3) is 0.667. The molecule has 12 heavy (non-hydrogen) atoms. The SMILES string of the molecule is C[C@@H](N)c1nc(N(C)C)no1.Cl. The predicted octanol–water partition coefficient (Wildman–Crippen LogP) is 0.577. The summed E-state index contributed by atoms with van der Waals surface area (Å²) in [6.07, 6.45) is 0. The summed E-state index contributed by atoms with van der Waals surface area (Å²) >= 11 is 0. The highest BCUT2D eigenvalue weighted by Gasteiger charge is 2.10. The molecule has 0 spiro atoms. The lowest BCUT2D eigenvalue weighted by atomic mass is 10.4. The zero-order chi connectivity index (χ0) is 8.43. The van der Waals surface area contributed by atoms with E-state index in [1.165, 1.54) is 0 Å². The van der Waals surface area contributed by atoms with E-state index in [1.807, 2.05) is 14.1 Å². The number of halogens is 1. The van der Waals surface area contributed by atoms with E-state index in [-0.39, 0.29) is 18.4 Å². The number of nitrogens with two attached hydrogens (primary N) is 1. The molecule has 0 aromatic carbocycles. The number of aromatic nitrogens is 2. The van der Waals surface area contributed by atoms with Crippen LogP contribution in [0.4, 0.5) is 5.95 Å². The van der Waals surface area contributed by atoms with E-state index in [0.717, 1.165) is 0 Å². The van der Waals surface area contributed by atoms with Gasteiger partial charge in [-0.1, -0.05) is 0 Å². The average molecular weight is 193 g/mol. The third-order valence-electron chi connectivity index (χ3n) is 1.22. The van der Waals surface area contributed by atoms with E-state index in [0.29, 0.717) is 11.8 Å². The summed E-state index contributed by atoms with van der Waals surface area (Å²) in [6, 6.07) is -0.198. The zero-order valence-electron chi connectivity index (χ0n) is 7.31. The van der Waals surface area contributed by atoms with Gasteiger partial charge >= 0.3 is 0 Å². The smallest absolute Gasteiger partial charge is 0.265 e. The highest BCUT2D eigenvalue weighted by Crippen LogP contribution is 2.10. The van der Waals surface area contributed by atoms with Crippen molar-refractivity contribution in [1.82, 2.24) is 10.1 Å². The molecule has 0 amide bonds. The van der Waals surface area contributed by atoms with Gasteiger partial charge in [0.1, 0.15) is 0 Å². The van der Waals surface area contributed by atoms with Crippen LogP contribution in [0.25, 0.3) is 0 Å². The summed E-state index contributed by atoms with van der Waals surface area (Å²) < 4.78 is 4.86. The minimum Gasteiger partial charge on any atom is -0.344 e. The Bertz CT molecular complexity index is 213. The first kappa shape index (κ1) is 11.2. The molecule has 1 aromatic heterocycles. The van der Waals surface area contributed by atoms with E-state index in [1.54, 1.807) is 11.8 Å². The van der Waals surface area contributed by atoms with Gasteiger partial charge in [0, 0.05) is 14.1 Å². The highest BCUT2D eigenvalue weighted by atomic mass is 35.5. The molecule has 5 nitrogen and oxygen atoms in total. The van der Waals surface area contributed by atoms with Crippen LogP contribution in [0.1, 0.15) is 18.9 Å². The Labute approximate surface area is 77.3 Å². The zero-order valence-corrected chi connectivity index (χ0v) is 8.13. The average Bonchev–Trinajstić information content (AvgIpc) is 2.33.